The van der Waals surface area contributed by atoms with Crippen LogP contribution in [0.5, 0.6) is 0 Å². The Kier molecular flexibility index (Phi) is 6.32. The van der Waals surface area contributed by atoms with E-state index in [-0.39, 0.29) is 0 Å². The second-order valence-corrected chi connectivity index (χ2v) is 16.3. The molecule has 1 N–H and O–H groups in total. The number of hydrogen-bond acceptors (Lipinski definition) is 3. The van der Waals surface area contributed by atoms with Crippen molar-refractivity contribution in [2.75, 3.05) is 0 Å². The zero-order chi connectivity index (χ0) is 36.6. The molecule has 3 nitrogen and oxygen atoms in total. The highest BCUT2D eigenvalue weighted by Gasteiger charge is 2.59. The van der Waals surface area contributed by atoms with Crippen molar-refractivity contribution < 1.29 is 14.2 Å². The van der Waals surface area contributed by atoms with Gasteiger partial charge >= 0.3 is 7.48 Å². The second kappa shape index (κ2) is 10.7. The molecule has 1 radical (unpaired) electrons. The summed E-state index contributed by atoms with van der Waals surface area (Å²) in [4.78, 5) is 0. The number of benzene rings is 7. The molecule has 4 heteroatoms. The first-order valence-electron chi connectivity index (χ1n) is 18.9. The number of rotatable bonds is 4. The lowest BCUT2D eigenvalue weighted by atomic mass is 9.52. The van der Waals surface area contributed by atoms with Crippen LogP contribution in [0.4, 0.5) is 0 Å². The van der Waals surface area contributed by atoms with Crippen molar-refractivity contribution in [3.8, 4) is 22.3 Å². The van der Waals surface area contributed by atoms with Gasteiger partial charge in [-0.2, -0.15) is 0 Å². The summed E-state index contributed by atoms with van der Waals surface area (Å²) in [5, 5.41) is 13.2. The predicted molar refractivity (Wildman–Crippen MR) is 219 cm³/mol. The molecule has 0 saturated carbocycles. The summed E-state index contributed by atoms with van der Waals surface area (Å²) in [5.74, 6) is 0. The molecule has 0 saturated heterocycles. The number of hydrogen-bond donors (Lipinski definition) is 1. The highest BCUT2D eigenvalue weighted by Crippen LogP contribution is 2.67. The van der Waals surface area contributed by atoms with Gasteiger partial charge in [0.25, 0.3) is 0 Å². The average molecular weight is 698 g/mol. The molecule has 1 aromatic heterocycles. The Labute approximate surface area is 316 Å². The molecule has 0 fully saturated rings. The van der Waals surface area contributed by atoms with E-state index in [1.165, 1.54) is 55.6 Å². The molecule has 3 aliphatic rings. The fourth-order valence-electron chi connectivity index (χ4n) is 10.00. The molecule has 0 aliphatic heterocycles. The van der Waals surface area contributed by atoms with Gasteiger partial charge in [-0.15, -0.1) is 0 Å². The van der Waals surface area contributed by atoms with Crippen molar-refractivity contribution in [3.63, 3.8) is 0 Å². The fraction of sp³-hybridized carbons (Fsp3) is 0.160. The normalized spacial score (nSPS) is 15.5. The molecule has 11 rings (SSSR count). The van der Waals surface area contributed by atoms with Crippen LogP contribution in [0.1, 0.15) is 72.2 Å². The summed E-state index contributed by atoms with van der Waals surface area (Å²) in [6.45, 7) is 7.44. The lowest BCUT2D eigenvalue weighted by molar-refractivity contribution is -0.0893. The van der Waals surface area contributed by atoms with Crippen molar-refractivity contribution in [2.45, 2.75) is 49.7 Å². The average Bonchev–Trinajstić information content (AvgIpc) is 3.81. The number of furan rings is 1. The van der Waals surface area contributed by atoms with Gasteiger partial charge in [0, 0.05) is 16.3 Å². The molecule has 0 atom stereocenters. The molecule has 0 amide bonds. The number of para-hydroxylation sites is 1. The molecule has 0 bridgehead atoms. The Hall–Kier alpha value is -5.68. The van der Waals surface area contributed by atoms with Crippen LogP contribution < -0.4 is 5.46 Å². The Balaban J connectivity index is 1.27. The van der Waals surface area contributed by atoms with Crippen LogP contribution in [0.2, 0.25) is 0 Å². The van der Waals surface area contributed by atoms with Gasteiger partial charge in [-0.05, 0) is 95.0 Å². The van der Waals surface area contributed by atoms with Crippen LogP contribution in [0, 0.1) is 0 Å². The molecular formula is C50H38BO3. The van der Waals surface area contributed by atoms with E-state index in [1.807, 2.05) is 27.4 Å². The van der Waals surface area contributed by atoms with Gasteiger partial charge in [0.15, 0.2) is 0 Å². The number of aliphatic hydroxyl groups is 1. The zero-order valence-corrected chi connectivity index (χ0v) is 30.8. The van der Waals surface area contributed by atoms with E-state index in [1.54, 1.807) is 13.8 Å². The monoisotopic (exact) mass is 697 g/mol. The first-order chi connectivity index (χ1) is 26.2. The van der Waals surface area contributed by atoms with Crippen LogP contribution in [-0.2, 0) is 15.5 Å². The lowest BCUT2D eigenvalue weighted by Gasteiger charge is -2.48. The Morgan fingerprint density at radius 3 is 1.61 bits per heavy atom. The molecule has 0 unspecified atom stereocenters. The summed E-state index contributed by atoms with van der Waals surface area (Å²) in [5.41, 5.74) is 14.7. The summed E-state index contributed by atoms with van der Waals surface area (Å²) in [6.07, 6.45) is 0. The minimum atomic E-state index is -1.05. The topological polar surface area (TPSA) is 42.6 Å². The number of fused-ring (bicyclic) bond motifs is 20. The van der Waals surface area contributed by atoms with Crippen molar-refractivity contribution in [1.82, 2.24) is 0 Å². The maximum Gasteiger partial charge on any atom is 0.330 e. The third-order valence-corrected chi connectivity index (χ3v) is 13.1. The maximum absolute atomic E-state index is 11.0. The van der Waals surface area contributed by atoms with E-state index in [4.69, 9.17) is 9.07 Å². The summed E-state index contributed by atoms with van der Waals surface area (Å²) >= 11 is 0. The van der Waals surface area contributed by atoms with Crippen molar-refractivity contribution in [3.05, 3.63) is 196 Å². The van der Waals surface area contributed by atoms with Crippen LogP contribution in [0.15, 0.2) is 156 Å². The third kappa shape index (κ3) is 3.80. The van der Waals surface area contributed by atoms with E-state index < -0.39 is 22.0 Å². The summed E-state index contributed by atoms with van der Waals surface area (Å²) in [7, 11) is 1.82. The van der Waals surface area contributed by atoms with Gasteiger partial charge in [0.05, 0.1) is 22.0 Å². The summed E-state index contributed by atoms with van der Waals surface area (Å²) in [6, 6.07) is 55.9. The van der Waals surface area contributed by atoms with Gasteiger partial charge < -0.3 is 14.2 Å². The van der Waals surface area contributed by atoms with Crippen molar-refractivity contribution in [1.29, 1.82) is 0 Å². The summed E-state index contributed by atoms with van der Waals surface area (Å²) < 4.78 is 13.3. The SMILES string of the molecule is CC(C)(O)C(C)(C)O[B]c1ccc2c(c1)C1(c3ccccc3C3(c4ccccc4-c4ccccc43)c3ccccc31)c1ccc3c(oc4ccccc43)c1-2. The van der Waals surface area contributed by atoms with E-state index in [0.717, 1.165) is 38.5 Å². The highest BCUT2D eigenvalue weighted by molar-refractivity contribution is 6.47. The van der Waals surface area contributed by atoms with E-state index >= 15 is 0 Å². The first kappa shape index (κ1) is 31.8. The fourth-order valence-corrected chi connectivity index (χ4v) is 10.00. The quantitative estimate of drug-likeness (QED) is 0.186. The van der Waals surface area contributed by atoms with Crippen LogP contribution in [-0.4, -0.2) is 23.8 Å². The van der Waals surface area contributed by atoms with Crippen LogP contribution in [0.3, 0.4) is 0 Å². The van der Waals surface area contributed by atoms with Crippen LogP contribution >= 0.6 is 0 Å². The van der Waals surface area contributed by atoms with E-state index in [2.05, 4.69) is 146 Å². The van der Waals surface area contributed by atoms with Gasteiger partial charge in [-0.1, -0.05) is 151 Å². The van der Waals surface area contributed by atoms with E-state index in [9.17, 15) is 5.11 Å². The van der Waals surface area contributed by atoms with Gasteiger partial charge in [-0.3, -0.25) is 0 Å². The van der Waals surface area contributed by atoms with Crippen molar-refractivity contribution >= 4 is 34.9 Å². The largest absolute Gasteiger partial charge is 0.455 e. The van der Waals surface area contributed by atoms with E-state index in [0.29, 0.717) is 0 Å². The van der Waals surface area contributed by atoms with Gasteiger partial charge in [0.2, 0.25) is 0 Å². The smallest absolute Gasteiger partial charge is 0.330 e. The molecule has 3 aliphatic carbocycles. The molecule has 259 valence electrons. The maximum atomic E-state index is 11.0. The minimum Gasteiger partial charge on any atom is -0.455 e. The highest BCUT2D eigenvalue weighted by atomic mass is 16.5. The Bertz CT molecular complexity index is 2770. The minimum absolute atomic E-state index is 0.512. The van der Waals surface area contributed by atoms with Crippen LogP contribution in [0.25, 0.3) is 44.2 Å². The third-order valence-electron chi connectivity index (χ3n) is 13.1. The Morgan fingerprint density at radius 2 is 1.02 bits per heavy atom. The molecule has 54 heavy (non-hydrogen) atoms. The standard InChI is InChI=1S/C50H38BO3/c1-47(2,52)48(3,4)54-51-30-25-26-35-43(29-30)50(42-28-27-34-33-17-7-14-24-44(33)53-46(34)45(35)42)40-22-12-10-20-38(40)49(39-21-11-13-23-41(39)50)36-18-8-5-15-31(36)32-16-6-9-19-37(32)49/h5-29,52H,1-4H3. The predicted octanol–water partition coefficient (Wildman–Crippen LogP) is 10.4. The molecule has 8 aromatic rings. The van der Waals surface area contributed by atoms with Crippen molar-refractivity contribution in [2.24, 2.45) is 0 Å². The molecular weight excluding hydrogens is 659 g/mol. The van der Waals surface area contributed by atoms with Gasteiger partial charge in [-0.25, -0.2) is 0 Å². The Morgan fingerprint density at radius 1 is 0.500 bits per heavy atom. The zero-order valence-electron chi connectivity index (χ0n) is 30.8. The first-order valence-corrected chi connectivity index (χ1v) is 18.9. The molecule has 7 aromatic carbocycles. The second-order valence-electron chi connectivity index (χ2n) is 16.3. The molecule has 2 spiro atoms. The lowest BCUT2D eigenvalue weighted by Crippen LogP contribution is -2.49. The molecule has 1 heterocycles. The van der Waals surface area contributed by atoms with Gasteiger partial charge in [0.1, 0.15) is 11.2 Å².